The number of aliphatic hydroxyl groups excluding tert-OH is 2. The van der Waals surface area contributed by atoms with Crippen LogP contribution in [0.1, 0.15) is 27.1 Å². The van der Waals surface area contributed by atoms with Crippen LogP contribution in [0.25, 0.3) is 0 Å². The van der Waals surface area contributed by atoms with Crippen molar-refractivity contribution in [2.75, 3.05) is 7.11 Å². The van der Waals surface area contributed by atoms with Gasteiger partial charge in [-0.15, -0.1) is 0 Å². The standard InChI is InChI=1S/C15H14O7/c1-22-12(19)6-11(18)15(21)8-5-10(17)13-7(14(8)20)3-2-4-9(13)16/h2-5,11,15-16,18,21H,6H2,1H3. The maximum atomic E-state index is 12.3. The number of hydrogen-bond donors (Lipinski definition) is 3. The van der Waals surface area contributed by atoms with Crippen molar-refractivity contribution in [3.8, 4) is 5.75 Å². The maximum Gasteiger partial charge on any atom is 0.308 e. The van der Waals surface area contributed by atoms with E-state index in [0.29, 0.717) is 0 Å². The first-order valence-corrected chi connectivity index (χ1v) is 6.42. The van der Waals surface area contributed by atoms with Crippen molar-refractivity contribution in [1.29, 1.82) is 0 Å². The minimum absolute atomic E-state index is 0.0631. The average molecular weight is 306 g/mol. The molecule has 0 aliphatic heterocycles. The van der Waals surface area contributed by atoms with Gasteiger partial charge >= 0.3 is 5.97 Å². The summed E-state index contributed by atoms with van der Waals surface area (Å²) in [6, 6.07) is 3.99. The van der Waals surface area contributed by atoms with E-state index in [2.05, 4.69) is 4.74 Å². The molecule has 116 valence electrons. The van der Waals surface area contributed by atoms with Gasteiger partial charge in [0.15, 0.2) is 11.6 Å². The maximum absolute atomic E-state index is 12.3. The van der Waals surface area contributed by atoms with Gasteiger partial charge in [0, 0.05) is 11.1 Å². The number of hydrogen-bond acceptors (Lipinski definition) is 7. The van der Waals surface area contributed by atoms with Crippen molar-refractivity contribution in [3.05, 3.63) is 41.0 Å². The average Bonchev–Trinajstić information content (AvgIpc) is 2.49. The second-order valence-corrected chi connectivity index (χ2v) is 4.79. The highest BCUT2D eigenvalue weighted by Crippen LogP contribution is 2.30. The van der Waals surface area contributed by atoms with Crippen LogP contribution in [0.3, 0.4) is 0 Å². The number of allylic oxidation sites excluding steroid dienone is 1. The summed E-state index contributed by atoms with van der Waals surface area (Å²) in [5.74, 6) is -2.45. The van der Waals surface area contributed by atoms with Gasteiger partial charge in [-0.1, -0.05) is 12.1 Å². The molecule has 0 radical (unpaired) electrons. The van der Waals surface area contributed by atoms with Crippen molar-refractivity contribution in [3.63, 3.8) is 0 Å². The number of benzene rings is 1. The number of carbonyl (C=O) groups is 3. The molecular weight excluding hydrogens is 292 g/mol. The van der Waals surface area contributed by atoms with E-state index in [4.69, 9.17) is 0 Å². The number of esters is 1. The predicted octanol–water partition coefficient (Wildman–Crippen LogP) is -0.0175. The molecule has 0 spiro atoms. The topological polar surface area (TPSA) is 121 Å². The number of ketones is 2. The highest BCUT2D eigenvalue weighted by atomic mass is 16.5. The Balaban J connectivity index is 2.33. The monoisotopic (exact) mass is 306 g/mol. The van der Waals surface area contributed by atoms with Crippen molar-refractivity contribution in [2.45, 2.75) is 18.6 Å². The smallest absolute Gasteiger partial charge is 0.308 e. The van der Waals surface area contributed by atoms with Gasteiger partial charge in [0.05, 0.1) is 25.2 Å². The molecule has 22 heavy (non-hydrogen) atoms. The molecule has 0 heterocycles. The van der Waals surface area contributed by atoms with Crippen LogP contribution in [0.2, 0.25) is 0 Å². The molecule has 2 unspecified atom stereocenters. The fourth-order valence-corrected chi connectivity index (χ4v) is 2.22. The first-order chi connectivity index (χ1) is 10.4. The molecule has 1 aromatic rings. The zero-order valence-electron chi connectivity index (χ0n) is 11.6. The van der Waals surface area contributed by atoms with Gasteiger partial charge in [0.2, 0.25) is 0 Å². The molecule has 7 nitrogen and oxygen atoms in total. The first-order valence-electron chi connectivity index (χ1n) is 6.42. The Morgan fingerprint density at radius 3 is 2.59 bits per heavy atom. The van der Waals surface area contributed by atoms with E-state index in [1.54, 1.807) is 0 Å². The lowest BCUT2D eigenvalue weighted by Gasteiger charge is -2.22. The number of aromatic hydroxyl groups is 1. The second kappa shape index (κ2) is 6.08. The van der Waals surface area contributed by atoms with E-state index in [-0.39, 0.29) is 22.4 Å². The molecule has 0 aromatic heterocycles. The number of ether oxygens (including phenoxy) is 1. The van der Waals surface area contributed by atoms with Crippen LogP contribution in [0.5, 0.6) is 5.75 Å². The SMILES string of the molecule is COC(=O)CC(O)C(O)C1=CC(=O)c2c(O)cccc2C1=O. The Hall–Kier alpha value is -2.51. The fraction of sp³-hybridized carbons (Fsp3) is 0.267. The lowest BCUT2D eigenvalue weighted by Crippen LogP contribution is -2.35. The summed E-state index contributed by atoms with van der Waals surface area (Å²) >= 11 is 0. The third-order valence-electron chi connectivity index (χ3n) is 3.37. The fourth-order valence-electron chi connectivity index (χ4n) is 2.22. The third-order valence-corrected chi connectivity index (χ3v) is 3.37. The first kappa shape index (κ1) is 15.9. The molecule has 2 rings (SSSR count). The van der Waals surface area contributed by atoms with Gasteiger partial charge in [-0.05, 0) is 12.1 Å². The van der Waals surface area contributed by atoms with E-state index in [1.165, 1.54) is 18.2 Å². The van der Waals surface area contributed by atoms with E-state index < -0.39 is 36.2 Å². The van der Waals surface area contributed by atoms with Gasteiger partial charge in [0.1, 0.15) is 11.9 Å². The molecule has 0 saturated heterocycles. The summed E-state index contributed by atoms with van der Waals surface area (Å²) in [6.07, 6.45) is -2.97. The number of aliphatic hydroxyl groups is 2. The van der Waals surface area contributed by atoms with Gasteiger partial charge in [-0.3, -0.25) is 14.4 Å². The Morgan fingerprint density at radius 1 is 1.27 bits per heavy atom. The minimum atomic E-state index is -1.72. The van der Waals surface area contributed by atoms with Crippen molar-refractivity contribution < 1.29 is 34.4 Å². The van der Waals surface area contributed by atoms with Gasteiger partial charge in [0.25, 0.3) is 0 Å². The molecule has 3 N–H and O–H groups in total. The molecule has 0 bridgehead atoms. The van der Waals surface area contributed by atoms with Crippen molar-refractivity contribution in [2.24, 2.45) is 0 Å². The zero-order valence-corrected chi connectivity index (χ0v) is 11.6. The minimum Gasteiger partial charge on any atom is -0.507 e. The summed E-state index contributed by atoms with van der Waals surface area (Å²) in [4.78, 5) is 35.4. The zero-order chi connectivity index (χ0) is 16.4. The Morgan fingerprint density at radius 2 is 1.95 bits per heavy atom. The summed E-state index contributed by atoms with van der Waals surface area (Å²) in [7, 11) is 1.12. The van der Waals surface area contributed by atoms with Gasteiger partial charge < -0.3 is 20.1 Å². The van der Waals surface area contributed by atoms with E-state index >= 15 is 0 Å². The number of carbonyl (C=O) groups excluding carboxylic acids is 3. The molecule has 0 amide bonds. The molecule has 1 aliphatic carbocycles. The van der Waals surface area contributed by atoms with Crippen molar-refractivity contribution in [1.82, 2.24) is 0 Å². The number of fused-ring (bicyclic) bond motifs is 1. The van der Waals surface area contributed by atoms with E-state index in [0.717, 1.165) is 13.2 Å². The molecule has 0 saturated carbocycles. The molecule has 2 atom stereocenters. The molecule has 1 aliphatic rings. The molecule has 7 heteroatoms. The summed E-state index contributed by atoms with van der Waals surface area (Å²) in [6.45, 7) is 0. The quantitative estimate of drug-likeness (QED) is 0.668. The molecule has 0 fully saturated rings. The van der Waals surface area contributed by atoms with E-state index in [9.17, 15) is 29.7 Å². The number of phenolic OH excluding ortho intramolecular Hbond substituents is 1. The second-order valence-electron chi connectivity index (χ2n) is 4.79. The number of Topliss-reactive ketones (excluding diaryl/α,β-unsaturated/α-hetero) is 1. The summed E-state index contributed by atoms with van der Waals surface area (Å²) < 4.78 is 4.36. The number of phenols is 1. The normalized spacial score (nSPS) is 16.6. The van der Waals surface area contributed by atoms with Crippen LogP contribution < -0.4 is 0 Å². The highest BCUT2D eigenvalue weighted by Gasteiger charge is 2.34. The summed E-state index contributed by atoms with van der Waals surface area (Å²) in [5, 5.41) is 29.4. The lowest BCUT2D eigenvalue weighted by molar-refractivity contribution is -0.144. The van der Waals surface area contributed by atoms with Gasteiger partial charge in [-0.2, -0.15) is 0 Å². The van der Waals surface area contributed by atoms with Crippen molar-refractivity contribution >= 4 is 17.5 Å². The Kier molecular flexibility index (Phi) is 4.39. The Labute approximate surface area is 125 Å². The van der Waals surface area contributed by atoms with Crippen LogP contribution in [-0.4, -0.2) is 52.2 Å². The molecule has 1 aromatic carbocycles. The third kappa shape index (κ3) is 2.76. The predicted molar refractivity (Wildman–Crippen MR) is 73.5 cm³/mol. The summed E-state index contributed by atoms with van der Waals surface area (Å²) in [5.41, 5.74) is -0.544. The van der Waals surface area contributed by atoms with Gasteiger partial charge in [-0.25, -0.2) is 0 Å². The molecular formula is C15H14O7. The van der Waals surface area contributed by atoms with Crippen LogP contribution in [0.4, 0.5) is 0 Å². The number of methoxy groups -OCH3 is 1. The van der Waals surface area contributed by atoms with Crippen LogP contribution in [0.15, 0.2) is 29.8 Å². The number of rotatable bonds is 4. The highest BCUT2D eigenvalue weighted by molar-refractivity contribution is 6.25. The van der Waals surface area contributed by atoms with Crippen LogP contribution in [-0.2, 0) is 9.53 Å². The van der Waals surface area contributed by atoms with Crippen LogP contribution >= 0.6 is 0 Å². The largest absolute Gasteiger partial charge is 0.507 e. The van der Waals surface area contributed by atoms with Crippen LogP contribution in [0, 0.1) is 0 Å². The van der Waals surface area contributed by atoms with E-state index in [1.807, 2.05) is 0 Å². The lowest BCUT2D eigenvalue weighted by atomic mass is 9.85. The Bertz CT molecular complexity index is 674.